The third-order valence-electron chi connectivity index (χ3n) is 15.8. The number of hydrogen-bond acceptors (Lipinski definition) is 3. The summed E-state index contributed by atoms with van der Waals surface area (Å²) in [6.45, 7) is 5.94. The van der Waals surface area contributed by atoms with E-state index >= 15 is 0 Å². The molecular formula is C63H64F10O3. The standard InChI is InChI=1S/C28H18F8O.C20H34.C15H12F2O2/c1-2-3-15-4-6-16(7-5-15)17-8-9-20(21(29)10-17)18-11-22(30)26(23(31)12-18)28(35,36)37-19-13-24(32)27(34)25(33)14-19;1-2-5-16-8-10-18(11-9-16)20-14-12-19(13-15-20)17-6-3-4-7-17;1-8-3-4-9-10-5-6-12(18-2)14(17)15(10)19-7-11(9)13(8)16/h4-14H,2-3H2,1H3;2,5,16-20H,3-4,6-15H2,1H3;3-6H,7H2,1-2H3/b;5-2+;. The van der Waals surface area contributed by atoms with E-state index in [2.05, 4.69) is 23.8 Å². The van der Waals surface area contributed by atoms with E-state index in [0.717, 1.165) is 54.1 Å². The second-order valence-electron chi connectivity index (χ2n) is 20.7. The molecule has 0 radical (unpaired) electrons. The van der Waals surface area contributed by atoms with Gasteiger partial charge in [0.25, 0.3) is 0 Å². The molecule has 0 N–H and O–H groups in total. The van der Waals surface area contributed by atoms with Crippen molar-refractivity contribution in [2.24, 2.45) is 29.6 Å². The van der Waals surface area contributed by atoms with Crippen LogP contribution in [0.4, 0.5) is 43.9 Å². The van der Waals surface area contributed by atoms with Crippen molar-refractivity contribution in [3.63, 3.8) is 0 Å². The molecule has 76 heavy (non-hydrogen) atoms. The summed E-state index contributed by atoms with van der Waals surface area (Å²) in [7, 11) is 1.39. The number of benzene rings is 6. The maximum atomic E-state index is 14.9. The molecular weight excluding hydrogens is 995 g/mol. The van der Waals surface area contributed by atoms with Crippen LogP contribution in [-0.4, -0.2) is 7.11 Å². The van der Waals surface area contributed by atoms with E-state index in [0.29, 0.717) is 45.5 Å². The van der Waals surface area contributed by atoms with Crippen molar-refractivity contribution in [1.29, 1.82) is 0 Å². The summed E-state index contributed by atoms with van der Waals surface area (Å²) in [6, 6.07) is 19.2. The molecule has 3 aliphatic carbocycles. The number of alkyl halides is 2. The Morgan fingerprint density at radius 1 is 0.566 bits per heavy atom. The van der Waals surface area contributed by atoms with Gasteiger partial charge in [-0.05, 0) is 165 Å². The van der Waals surface area contributed by atoms with Gasteiger partial charge in [0.15, 0.2) is 29.0 Å². The van der Waals surface area contributed by atoms with Crippen molar-refractivity contribution < 1.29 is 58.1 Å². The van der Waals surface area contributed by atoms with E-state index in [-0.39, 0.29) is 47.2 Å². The average molecular weight is 1060 g/mol. The van der Waals surface area contributed by atoms with Gasteiger partial charge in [-0.15, -0.1) is 0 Å². The largest absolute Gasteiger partial charge is 0.494 e. The lowest BCUT2D eigenvalue weighted by Crippen LogP contribution is -2.27. The highest BCUT2D eigenvalue weighted by Crippen LogP contribution is 2.47. The number of fused-ring (bicyclic) bond motifs is 3. The fourth-order valence-corrected chi connectivity index (χ4v) is 11.8. The number of ether oxygens (including phenoxy) is 3. The Labute approximate surface area is 439 Å². The fraction of sp³-hybridized carbons (Fsp3) is 0.397. The zero-order valence-corrected chi connectivity index (χ0v) is 43.3. The zero-order chi connectivity index (χ0) is 54.3. The Morgan fingerprint density at radius 2 is 1.11 bits per heavy atom. The number of rotatable bonds is 11. The smallest absolute Gasteiger partial charge is 0.432 e. The summed E-state index contributed by atoms with van der Waals surface area (Å²) in [5, 5.41) is 0. The van der Waals surface area contributed by atoms with Crippen molar-refractivity contribution in [3.05, 3.63) is 172 Å². The van der Waals surface area contributed by atoms with E-state index in [1.807, 2.05) is 31.2 Å². The minimum absolute atomic E-state index is 0.0277. The van der Waals surface area contributed by atoms with Crippen molar-refractivity contribution >= 4 is 0 Å². The highest BCUT2D eigenvalue weighted by atomic mass is 19.3. The maximum Gasteiger partial charge on any atom is 0.432 e. The third-order valence-corrected chi connectivity index (χ3v) is 15.8. The van der Waals surface area contributed by atoms with Crippen LogP contribution in [0.5, 0.6) is 17.2 Å². The molecule has 1 heterocycles. The second kappa shape index (κ2) is 24.8. The molecule has 0 bridgehead atoms. The summed E-state index contributed by atoms with van der Waals surface area (Å²) in [4.78, 5) is 0. The monoisotopic (exact) mass is 1060 g/mol. The van der Waals surface area contributed by atoms with Gasteiger partial charge in [-0.25, -0.2) is 30.7 Å². The summed E-state index contributed by atoms with van der Waals surface area (Å²) in [6.07, 6.45) is 20.3. The van der Waals surface area contributed by atoms with Gasteiger partial charge in [0.1, 0.15) is 41.2 Å². The van der Waals surface area contributed by atoms with Gasteiger partial charge in [-0.2, -0.15) is 13.2 Å². The summed E-state index contributed by atoms with van der Waals surface area (Å²) in [5.41, 5.74) is 2.10. The Bertz CT molecular complexity index is 2940. The maximum absolute atomic E-state index is 14.9. The lowest BCUT2D eigenvalue weighted by Gasteiger charge is -2.39. The fourth-order valence-electron chi connectivity index (χ4n) is 11.8. The normalized spacial score (nSPS) is 19.4. The van der Waals surface area contributed by atoms with Crippen LogP contribution in [0.25, 0.3) is 33.4 Å². The van der Waals surface area contributed by atoms with Gasteiger partial charge >= 0.3 is 6.11 Å². The van der Waals surface area contributed by atoms with Crippen molar-refractivity contribution in [1.82, 2.24) is 0 Å². The van der Waals surface area contributed by atoms with E-state index in [4.69, 9.17) is 9.47 Å². The molecule has 0 aromatic heterocycles. The SMILES string of the molecule is C/C=C/C1CCC(C2CCC(C3CCCC3)CC2)CC1.CCCc1ccc(-c2ccc(-c3cc(F)c(C(F)(F)Oc4cc(F)c(F)c(F)c4)c(F)c3)c(F)c2)cc1.COc1ccc2c(c1F)OCc1c-2ccc(C)c1F. The molecule has 0 saturated heterocycles. The van der Waals surface area contributed by atoms with Gasteiger partial charge in [0, 0.05) is 28.8 Å². The molecule has 0 amide bonds. The van der Waals surface area contributed by atoms with Crippen LogP contribution in [0.15, 0.2) is 103 Å². The zero-order valence-electron chi connectivity index (χ0n) is 43.3. The Kier molecular flexibility index (Phi) is 18.3. The van der Waals surface area contributed by atoms with Crippen molar-refractivity contribution in [2.75, 3.05) is 7.11 Å². The summed E-state index contributed by atoms with van der Waals surface area (Å²) >= 11 is 0. The molecule has 0 atom stereocenters. The first-order chi connectivity index (χ1) is 36.5. The summed E-state index contributed by atoms with van der Waals surface area (Å²) in [5.74, 6) is -6.50. The van der Waals surface area contributed by atoms with Crippen LogP contribution < -0.4 is 14.2 Å². The summed E-state index contributed by atoms with van der Waals surface area (Å²) < 4.78 is 155. The molecule has 3 fully saturated rings. The lowest BCUT2D eigenvalue weighted by atomic mass is 9.67. The van der Waals surface area contributed by atoms with E-state index in [9.17, 15) is 43.9 Å². The Balaban J connectivity index is 0.000000165. The quantitative estimate of drug-likeness (QED) is 0.0735. The van der Waals surface area contributed by atoms with Crippen molar-refractivity contribution in [2.45, 2.75) is 123 Å². The molecule has 0 unspecified atom stereocenters. The molecule has 0 spiro atoms. The van der Waals surface area contributed by atoms with E-state index in [1.165, 1.54) is 63.8 Å². The molecule has 3 saturated carbocycles. The van der Waals surface area contributed by atoms with E-state index in [1.54, 1.807) is 63.6 Å². The van der Waals surface area contributed by atoms with Gasteiger partial charge in [-0.3, -0.25) is 0 Å². The van der Waals surface area contributed by atoms with Crippen LogP contribution in [0.1, 0.15) is 120 Å². The second-order valence-corrected chi connectivity index (χ2v) is 20.7. The predicted octanol–water partition coefficient (Wildman–Crippen LogP) is 19.1. The Morgan fingerprint density at radius 3 is 1.67 bits per heavy atom. The first-order valence-electron chi connectivity index (χ1n) is 26.5. The van der Waals surface area contributed by atoms with Gasteiger partial charge in [-0.1, -0.05) is 99.7 Å². The molecule has 13 heteroatoms. The molecule has 6 aromatic rings. The van der Waals surface area contributed by atoms with Crippen LogP contribution >= 0.6 is 0 Å². The number of aryl methyl sites for hydroxylation is 2. The van der Waals surface area contributed by atoms with Crippen LogP contribution in [0, 0.1) is 83.1 Å². The van der Waals surface area contributed by atoms with Crippen LogP contribution in [-0.2, 0) is 19.1 Å². The Hall–Kier alpha value is -6.24. The van der Waals surface area contributed by atoms with Crippen LogP contribution in [0.2, 0.25) is 0 Å². The first kappa shape index (κ1) is 56.0. The van der Waals surface area contributed by atoms with E-state index < -0.39 is 58.1 Å². The molecule has 1 aliphatic heterocycles. The number of hydrogen-bond donors (Lipinski definition) is 0. The third kappa shape index (κ3) is 12.8. The topological polar surface area (TPSA) is 27.7 Å². The molecule has 404 valence electrons. The molecule has 6 aromatic carbocycles. The molecule has 4 aliphatic rings. The number of methoxy groups -OCH3 is 1. The van der Waals surface area contributed by atoms with Gasteiger partial charge < -0.3 is 14.2 Å². The van der Waals surface area contributed by atoms with Gasteiger partial charge in [0.2, 0.25) is 5.82 Å². The highest BCUT2D eigenvalue weighted by Gasteiger charge is 2.42. The lowest BCUT2D eigenvalue weighted by molar-refractivity contribution is -0.189. The number of halogens is 10. The first-order valence-corrected chi connectivity index (χ1v) is 26.5. The average Bonchev–Trinajstić information content (AvgIpc) is 3.97. The number of allylic oxidation sites excluding steroid dienone is 2. The highest BCUT2D eigenvalue weighted by molar-refractivity contribution is 5.77. The van der Waals surface area contributed by atoms with Crippen molar-refractivity contribution in [3.8, 4) is 50.6 Å². The minimum atomic E-state index is -4.74. The predicted molar refractivity (Wildman–Crippen MR) is 277 cm³/mol. The minimum Gasteiger partial charge on any atom is -0.494 e. The van der Waals surface area contributed by atoms with Crippen LogP contribution in [0.3, 0.4) is 0 Å². The molecule has 3 nitrogen and oxygen atoms in total. The van der Waals surface area contributed by atoms with Gasteiger partial charge in [0.05, 0.1) is 7.11 Å². The molecule has 10 rings (SSSR count).